The van der Waals surface area contributed by atoms with Gasteiger partial charge in [-0.15, -0.1) is 0 Å². The Morgan fingerprint density at radius 3 is 2.71 bits per heavy atom. The zero-order valence-electron chi connectivity index (χ0n) is 25.9. The van der Waals surface area contributed by atoms with Gasteiger partial charge in [0.05, 0.1) is 22.6 Å². The summed E-state index contributed by atoms with van der Waals surface area (Å²) < 4.78 is 57.1. The maximum absolute atomic E-state index is 15.4. The second-order valence-electron chi connectivity index (χ2n) is 13.1. The van der Waals surface area contributed by atoms with Gasteiger partial charge in [-0.1, -0.05) is 30.7 Å². The molecule has 4 aliphatic rings. The van der Waals surface area contributed by atoms with Gasteiger partial charge in [-0.2, -0.15) is 0 Å². The number of benzene rings is 2. The number of hydrogen-bond donors (Lipinski definition) is 1. The van der Waals surface area contributed by atoms with E-state index in [2.05, 4.69) is 9.62 Å². The summed E-state index contributed by atoms with van der Waals surface area (Å²) in [6.45, 7) is 6.12. The van der Waals surface area contributed by atoms with Gasteiger partial charge in [-0.3, -0.25) is 9.59 Å². The third kappa shape index (κ3) is 6.08. The van der Waals surface area contributed by atoms with E-state index >= 15 is 4.39 Å². The number of sulfonamides is 1. The van der Waals surface area contributed by atoms with Crippen molar-refractivity contribution in [3.05, 3.63) is 70.0 Å². The zero-order valence-corrected chi connectivity index (χ0v) is 27.4. The number of ether oxygens (including phenoxy) is 2. The van der Waals surface area contributed by atoms with E-state index in [0.29, 0.717) is 62.4 Å². The second-order valence-corrected chi connectivity index (χ2v) is 15.6. The topological polar surface area (TPSA) is 102 Å². The highest BCUT2D eigenvalue weighted by Crippen LogP contribution is 2.52. The fourth-order valence-electron chi connectivity index (χ4n) is 7.59. The predicted octanol–water partition coefficient (Wildman–Crippen LogP) is 6.20. The fourth-order valence-corrected chi connectivity index (χ4v) is 9.10. The van der Waals surface area contributed by atoms with Crippen LogP contribution in [0.3, 0.4) is 0 Å². The zero-order chi connectivity index (χ0) is 32.1. The molecule has 2 heterocycles. The summed E-state index contributed by atoms with van der Waals surface area (Å²) >= 11 is 6.22. The molecule has 6 rings (SSSR count). The monoisotopic (exact) mass is 658 g/mol. The Labute approximate surface area is 269 Å². The van der Waals surface area contributed by atoms with Crippen LogP contribution < -0.4 is 14.4 Å². The molecule has 1 unspecified atom stereocenters. The lowest BCUT2D eigenvalue weighted by Gasteiger charge is -2.49. The minimum Gasteiger partial charge on any atom is -0.491 e. The van der Waals surface area contributed by atoms with Crippen molar-refractivity contribution in [1.29, 1.82) is 0 Å². The standard InChI is InChI=1S/C34H40ClFN2O6S/c1-20-21(2)45(41,42)37-33(40)23-9-12-31-30(16-23)38(18-25-8-11-29(35)32(36)27(25)6-4-5-15-43-31)19-26-7-10-28(26)34(44-22(3)39)14-13-24(20)17-34/h8-9,11-14,16,20-21,24,26,28H,4-7,10,15,17-19H2,1-3H3,(H,37,40)/t20-,21-,24+,26+,28-,34?/m1/s1. The number of anilines is 1. The van der Waals surface area contributed by atoms with Gasteiger partial charge in [0.1, 0.15) is 17.2 Å². The number of carbonyl (C=O) groups is 2. The van der Waals surface area contributed by atoms with Gasteiger partial charge in [-0.05, 0) is 105 Å². The van der Waals surface area contributed by atoms with Crippen LogP contribution in [0.2, 0.25) is 5.02 Å². The van der Waals surface area contributed by atoms with E-state index in [9.17, 15) is 18.0 Å². The molecule has 6 atom stereocenters. The number of allylic oxidation sites excluding steroid dienone is 1. The molecule has 4 bridgehead atoms. The highest BCUT2D eigenvalue weighted by atomic mass is 35.5. The summed E-state index contributed by atoms with van der Waals surface area (Å²) in [5, 5.41) is -0.809. The first-order valence-corrected chi connectivity index (χ1v) is 17.7. The van der Waals surface area contributed by atoms with Gasteiger partial charge >= 0.3 is 5.97 Å². The van der Waals surface area contributed by atoms with E-state index in [1.807, 2.05) is 25.1 Å². The van der Waals surface area contributed by atoms with Crippen LogP contribution in [-0.2, 0) is 32.5 Å². The van der Waals surface area contributed by atoms with E-state index in [4.69, 9.17) is 21.1 Å². The lowest BCUT2D eigenvalue weighted by molar-refractivity contribution is -0.165. The van der Waals surface area contributed by atoms with Gasteiger partial charge in [-0.25, -0.2) is 17.5 Å². The Bertz CT molecular complexity index is 1650. The average Bonchev–Trinajstić information content (AvgIpc) is 3.37. The molecule has 1 N–H and O–H groups in total. The van der Waals surface area contributed by atoms with Crippen LogP contribution in [0.15, 0.2) is 42.5 Å². The SMILES string of the molecule is CC(=O)OC12C=C[C@@H](C1)[C@H](C)[C@@H](C)S(=O)(=O)NC(=O)c1ccc3c(c1)N(Cc1ccc(Cl)c(F)c1CCCCO3)C[C@@H]1CC[C@H]12. The number of hydrogen-bond acceptors (Lipinski definition) is 7. The lowest BCUT2D eigenvalue weighted by atomic mass is 9.63. The highest BCUT2D eigenvalue weighted by Gasteiger charge is 2.53. The first-order chi connectivity index (χ1) is 21.4. The summed E-state index contributed by atoms with van der Waals surface area (Å²) in [5.41, 5.74) is 1.28. The van der Waals surface area contributed by atoms with Crippen LogP contribution in [0.5, 0.6) is 5.75 Å². The molecule has 8 nitrogen and oxygen atoms in total. The minimum absolute atomic E-state index is 0.00110. The van der Waals surface area contributed by atoms with Crippen LogP contribution in [0.25, 0.3) is 0 Å². The van der Waals surface area contributed by atoms with E-state index in [1.54, 1.807) is 31.2 Å². The van der Waals surface area contributed by atoms with Crippen molar-refractivity contribution in [2.24, 2.45) is 23.7 Å². The van der Waals surface area contributed by atoms with Crippen LogP contribution in [0.4, 0.5) is 10.1 Å². The summed E-state index contributed by atoms with van der Waals surface area (Å²) in [7, 11) is -4.06. The van der Waals surface area contributed by atoms with Crippen molar-refractivity contribution in [3.8, 4) is 5.75 Å². The molecule has 0 radical (unpaired) electrons. The average molecular weight is 659 g/mol. The van der Waals surface area contributed by atoms with Crippen molar-refractivity contribution in [3.63, 3.8) is 0 Å². The van der Waals surface area contributed by atoms with Crippen molar-refractivity contribution in [2.45, 2.75) is 76.7 Å². The Morgan fingerprint density at radius 1 is 1.18 bits per heavy atom. The van der Waals surface area contributed by atoms with Gasteiger partial charge in [0.2, 0.25) is 10.0 Å². The number of amides is 1. The minimum atomic E-state index is -4.06. The van der Waals surface area contributed by atoms with E-state index in [0.717, 1.165) is 18.4 Å². The number of rotatable bonds is 1. The lowest BCUT2D eigenvalue weighted by Crippen LogP contribution is -2.51. The van der Waals surface area contributed by atoms with Crippen molar-refractivity contribution in [2.75, 3.05) is 18.1 Å². The summed E-state index contributed by atoms with van der Waals surface area (Å²) in [6.07, 6.45) is 8.04. The Balaban J connectivity index is 1.50. The van der Waals surface area contributed by atoms with Crippen molar-refractivity contribution >= 4 is 39.2 Å². The molecule has 2 aromatic carbocycles. The fraction of sp³-hybridized carbons (Fsp3) is 0.529. The number of esters is 1. The highest BCUT2D eigenvalue weighted by molar-refractivity contribution is 7.90. The van der Waals surface area contributed by atoms with Crippen molar-refractivity contribution < 1.29 is 31.9 Å². The molecule has 1 saturated carbocycles. The molecular weight excluding hydrogens is 619 g/mol. The predicted molar refractivity (Wildman–Crippen MR) is 170 cm³/mol. The third-order valence-corrected chi connectivity index (χ3v) is 12.6. The number of fused-ring (bicyclic) bond motifs is 6. The van der Waals surface area contributed by atoms with Gasteiger partial charge in [0.25, 0.3) is 5.91 Å². The molecule has 1 fully saturated rings. The molecule has 2 aromatic rings. The number of halogens is 2. The van der Waals surface area contributed by atoms with Gasteiger partial charge in [0.15, 0.2) is 0 Å². The van der Waals surface area contributed by atoms with E-state index < -0.39 is 32.6 Å². The van der Waals surface area contributed by atoms with Crippen LogP contribution >= 0.6 is 11.6 Å². The summed E-state index contributed by atoms with van der Waals surface area (Å²) in [5.74, 6) is -1.39. The molecule has 1 amide bonds. The molecule has 2 aliphatic heterocycles. The normalized spacial score (nSPS) is 31.0. The number of nitrogens with zero attached hydrogens (tertiary/aromatic N) is 1. The smallest absolute Gasteiger partial charge is 0.303 e. The number of carbonyl (C=O) groups excluding carboxylic acids is 2. The first-order valence-electron chi connectivity index (χ1n) is 15.8. The van der Waals surface area contributed by atoms with Crippen LogP contribution in [0.1, 0.15) is 74.4 Å². The summed E-state index contributed by atoms with van der Waals surface area (Å²) in [6, 6.07) is 8.37. The number of nitrogens with one attached hydrogen (secondary N) is 1. The largest absolute Gasteiger partial charge is 0.491 e. The summed E-state index contributed by atoms with van der Waals surface area (Å²) in [4.78, 5) is 28.1. The van der Waals surface area contributed by atoms with Gasteiger partial charge < -0.3 is 14.4 Å². The van der Waals surface area contributed by atoms with Crippen LogP contribution in [-0.4, -0.2) is 44.3 Å². The molecule has 45 heavy (non-hydrogen) atoms. The van der Waals surface area contributed by atoms with E-state index in [1.165, 1.54) is 6.92 Å². The third-order valence-electron chi connectivity index (χ3n) is 10.4. The molecule has 0 saturated heterocycles. The molecule has 0 spiro atoms. The molecule has 0 aromatic heterocycles. The van der Waals surface area contributed by atoms with Gasteiger partial charge in [0, 0.05) is 31.5 Å². The molecule has 2 aliphatic carbocycles. The maximum Gasteiger partial charge on any atom is 0.303 e. The van der Waals surface area contributed by atoms with Crippen LogP contribution in [0, 0.1) is 29.5 Å². The Kier molecular flexibility index (Phi) is 8.67. The Morgan fingerprint density at radius 2 is 1.98 bits per heavy atom. The van der Waals surface area contributed by atoms with Crippen molar-refractivity contribution in [1.82, 2.24) is 4.72 Å². The van der Waals surface area contributed by atoms with E-state index in [-0.39, 0.29) is 40.2 Å². The Hall–Kier alpha value is -3.11. The molecular formula is C34H40ClFN2O6S. The quantitative estimate of drug-likeness (QED) is 0.287. The molecule has 11 heteroatoms. The first kappa shape index (κ1) is 31.9. The second kappa shape index (κ2) is 12.2. The maximum atomic E-state index is 15.4. The molecule has 242 valence electrons.